The molecule has 3 nitrogen and oxygen atoms in total. The number of hydrogen-bond donors (Lipinski definition) is 1. The van der Waals surface area contributed by atoms with E-state index in [1.807, 2.05) is 59.2 Å². The summed E-state index contributed by atoms with van der Waals surface area (Å²) in [6.45, 7) is 3.75. The van der Waals surface area contributed by atoms with Gasteiger partial charge in [-0.05, 0) is 72.0 Å². The molecular formula is C34H27FNO2+. The van der Waals surface area contributed by atoms with Crippen molar-refractivity contribution in [1.29, 1.82) is 0 Å². The van der Waals surface area contributed by atoms with Gasteiger partial charge in [0.15, 0.2) is 18.1 Å². The van der Waals surface area contributed by atoms with Crippen molar-refractivity contribution in [2.75, 3.05) is 6.54 Å². The molecule has 0 saturated heterocycles. The van der Waals surface area contributed by atoms with Crippen molar-refractivity contribution >= 4 is 17.1 Å². The highest BCUT2D eigenvalue weighted by Crippen LogP contribution is 2.47. The molecule has 0 fully saturated rings. The molecule has 4 heteroatoms. The van der Waals surface area contributed by atoms with Gasteiger partial charge in [-0.3, -0.25) is 4.79 Å². The minimum Gasteiger partial charge on any atom is -0.506 e. The molecule has 4 aromatic carbocycles. The summed E-state index contributed by atoms with van der Waals surface area (Å²) in [5.74, 6) is -0.388. The molecule has 0 unspecified atom stereocenters. The Morgan fingerprint density at radius 2 is 1.26 bits per heavy atom. The average molecular weight is 501 g/mol. The zero-order valence-electron chi connectivity index (χ0n) is 21.3. The topological polar surface area (TPSA) is 40.3 Å². The first kappa shape index (κ1) is 23.8. The smallest absolute Gasteiger partial charge is 0.254 e. The third-order valence-electron chi connectivity index (χ3n) is 7.40. The van der Waals surface area contributed by atoms with E-state index in [2.05, 4.69) is 18.2 Å². The van der Waals surface area contributed by atoms with Crippen molar-refractivity contribution < 1.29 is 18.9 Å². The normalized spacial score (nSPS) is 14.4. The fourth-order valence-electron chi connectivity index (χ4n) is 5.86. The van der Waals surface area contributed by atoms with Crippen LogP contribution in [0.25, 0.3) is 16.7 Å². The van der Waals surface area contributed by atoms with Gasteiger partial charge in [-0.1, -0.05) is 66.7 Å². The molecule has 38 heavy (non-hydrogen) atoms. The first-order chi connectivity index (χ1) is 18.5. The van der Waals surface area contributed by atoms with Gasteiger partial charge < -0.3 is 5.11 Å². The van der Waals surface area contributed by atoms with E-state index in [9.17, 15) is 14.3 Å². The second-order valence-electron chi connectivity index (χ2n) is 9.75. The molecular weight excluding hydrogens is 473 g/mol. The van der Waals surface area contributed by atoms with Gasteiger partial charge in [0, 0.05) is 17.6 Å². The molecule has 1 N–H and O–H groups in total. The molecule has 0 spiro atoms. The molecule has 0 atom stereocenters. The highest BCUT2D eigenvalue weighted by Gasteiger charge is 2.38. The van der Waals surface area contributed by atoms with E-state index in [0.717, 1.165) is 51.1 Å². The number of nitrogens with zero attached hydrogens (tertiary/aromatic N) is 1. The van der Waals surface area contributed by atoms with Crippen LogP contribution in [0.5, 0.6) is 0 Å². The standard InChI is InChI=1S/C34H26FNO2/c1-21(37)31(32-29-13-7-5-11-27(29)28-12-6-8-14-30(28)32)33(22(2)38)36-20-19-23-9-3-4-10-26(23)34(36)24-15-17-25(35)18-16-24/h3-18H,19-20H2,1-2H3/p+1. The lowest BCUT2D eigenvalue weighted by Gasteiger charge is -2.22. The number of halogens is 1. The van der Waals surface area contributed by atoms with Crippen LogP contribution >= 0.6 is 0 Å². The van der Waals surface area contributed by atoms with E-state index in [1.54, 1.807) is 26.0 Å². The maximum atomic E-state index is 13.9. The van der Waals surface area contributed by atoms with Crippen molar-refractivity contribution in [3.8, 4) is 11.1 Å². The highest BCUT2D eigenvalue weighted by atomic mass is 19.1. The van der Waals surface area contributed by atoms with Gasteiger partial charge in [0.1, 0.15) is 11.4 Å². The predicted octanol–water partition coefficient (Wildman–Crippen LogP) is 7.09. The summed E-state index contributed by atoms with van der Waals surface area (Å²) in [6, 6.07) is 30.7. The number of ketones is 1. The molecule has 0 bridgehead atoms. The Balaban J connectivity index is 1.72. The van der Waals surface area contributed by atoms with Crippen molar-refractivity contribution in [3.63, 3.8) is 0 Å². The Morgan fingerprint density at radius 3 is 1.82 bits per heavy atom. The Morgan fingerprint density at radius 1 is 0.737 bits per heavy atom. The molecule has 4 aromatic rings. The second-order valence-corrected chi connectivity index (χ2v) is 9.75. The van der Waals surface area contributed by atoms with Crippen LogP contribution in [0.3, 0.4) is 0 Å². The van der Waals surface area contributed by atoms with Crippen LogP contribution in [0.2, 0.25) is 0 Å². The van der Waals surface area contributed by atoms with Crippen LogP contribution in [0.1, 0.15) is 41.7 Å². The monoisotopic (exact) mass is 500 g/mol. The van der Waals surface area contributed by atoms with Gasteiger partial charge in [0.25, 0.3) is 5.70 Å². The number of aliphatic hydroxyl groups excluding tert-OH is 1. The summed E-state index contributed by atoms with van der Waals surface area (Å²) in [7, 11) is 0. The third-order valence-corrected chi connectivity index (χ3v) is 7.40. The number of hydrogen-bond acceptors (Lipinski definition) is 2. The highest BCUT2D eigenvalue weighted by molar-refractivity contribution is 6.15. The van der Waals surface area contributed by atoms with Crippen molar-refractivity contribution in [1.82, 2.24) is 0 Å². The van der Waals surface area contributed by atoms with Crippen LogP contribution in [-0.2, 0) is 11.2 Å². The van der Waals surface area contributed by atoms with Crippen molar-refractivity contribution in [2.24, 2.45) is 0 Å². The lowest BCUT2D eigenvalue weighted by Crippen LogP contribution is -2.33. The fourth-order valence-corrected chi connectivity index (χ4v) is 5.86. The van der Waals surface area contributed by atoms with Gasteiger partial charge in [-0.2, -0.15) is 4.58 Å². The number of fused-ring (bicyclic) bond motifs is 4. The Bertz CT molecular complexity index is 1660. The minimum atomic E-state index is -0.315. The number of rotatable bonds is 4. The van der Waals surface area contributed by atoms with Gasteiger partial charge in [0.05, 0.1) is 5.56 Å². The number of benzene rings is 4. The van der Waals surface area contributed by atoms with Crippen molar-refractivity contribution in [2.45, 2.75) is 20.3 Å². The van der Waals surface area contributed by atoms with Gasteiger partial charge >= 0.3 is 0 Å². The van der Waals surface area contributed by atoms with Crippen LogP contribution in [0.15, 0.2) is 114 Å². The molecule has 1 aliphatic carbocycles. The number of carbonyl (C=O) groups excluding carboxylic acids is 1. The van der Waals surface area contributed by atoms with E-state index in [1.165, 1.54) is 17.7 Å². The molecule has 0 amide bonds. The molecule has 1 aliphatic heterocycles. The molecule has 6 rings (SSSR count). The first-order valence-corrected chi connectivity index (χ1v) is 12.8. The molecule has 2 aliphatic rings. The molecule has 0 radical (unpaired) electrons. The quantitative estimate of drug-likeness (QED) is 0.163. The molecule has 0 saturated carbocycles. The zero-order chi connectivity index (χ0) is 26.4. The van der Waals surface area contributed by atoms with E-state index in [0.29, 0.717) is 17.8 Å². The summed E-state index contributed by atoms with van der Waals surface area (Å²) in [6.07, 6.45) is 0.741. The lowest BCUT2D eigenvalue weighted by molar-refractivity contribution is -0.475. The largest absolute Gasteiger partial charge is 0.506 e. The minimum absolute atomic E-state index is 0.0588. The summed E-state index contributed by atoms with van der Waals surface area (Å²) < 4.78 is 16.0. The zero-order valence-corrected chi connectivity index (χ0v) is 21.3. The number of aliphatic hydroxyl groups is 1. The fraction of sp³-hybridized carbons (Fsp3) is 0.118. The predicted molar refractivity (Wildman–Crippen MR) is 149 cm³/mol. The maximum absolute atomic E-state index is 13.9. The van der Waals surface area contributed by atoms with E-state index < -0.39 is 0 Å². The molecule has 1 heterocycles. The number of allylic oxidation sites excluding steroid dienone is 2. The lowest BCUT2D eigenvalue weighted by atomic mass is 9.89. The van der Waals surface area contributed by atoms with E-state index in [4.69, 9.17) is 0 Å². The second kappa shape index (κ2) is 9.38. The van der Waals surface area contributed by atoms with Crippen LogP contribution in [0.4, 0.5) is 4.39 Å². The first-order valence-electron chi connectivity index (χ1n) is 12.8. The molecule has 0 aromatic heterocycles. The summed E-state index contributed by atoms with van der Waals surface area (Å²) in [4.78, 5) is 13.6. The average Bonchev–Trinajstić information content (AvgIpc) is 3.25. The SMILES string of the molecule is CC(=O)C(=C1c2ccccc2-c2ccccc21)C(=C(C)O)[N+]1=C(c2ccc(F)cc2)c2ccccc2CC1. The van der Waals surface area contributed by atoms with Gasteiger partial charge in [-0.15, -0.1) is 0 Å². The van der Waals surface area contributed by atoms with Crippen LogP contribution in [0, 0.1) is 5.82 Å². The Hall–Kier alpha value is -4.57. The van der Waals surface area contributed by atoms with Crippen LogP contribution < -0.4 is 0 Å². The number of carbonyl (C=O) groups is 1. The van der Waals surface area contributed by atoms with Gasteiger partial charge in [0.2, 0.25) is 5.71 Å². The Kier molecular flexibility index (Phi) is 5.88. The Labute approximate surface area is 221 Å². The van der Waals surface area contributed by atoms with E-state index in [-0.39, 0.29) is 17.4 Å². The van der Waals surface area contributed by atoms with Crippen LogP contribution in [-0.4, -0.2) is 27.7 Å². The molecule has 186 valence electrons. The van der Waals surface area contributed by atoms with Crippen molar-refractivity contribution in [3.05, 3.63) is 148 Å². The van der Waals surface area contributed by atoms with Gasteiger partial charge in [-0.25, -0.2) is 4.39 Å². The third kappa shape index (κ3) is 3.81. The summed E-state index contributed by atoms with van der Waals surface area (Å²) in [5, 5.41) is 11.3. The summed E-state index contributed by atoms with van der Waals surface area (Å²) >= 11 is 0. The van der Waals surface area contributed by atoms with E-state index >= 15 is 0 Å². The number of Topliss-reactive ketones (excluding diaryl/α,β-unsaturated/α-hetero) is 1. The summed E-state index contributed by atoms with van der Waals surface area (Å²) in [5.41, 5.74) is 9.69. The maximum Gasteiger partial charge on any atom is 0.254 e.